The lowest BCUT2D eigenvalue weighted by Crippen LogP contribution is -2.29. The Morgan fingerprint density at radius 1 is 1.03 bits per heavy atom. The van der Waals surface area contributed by atoms with E-state index in [1.165, 1.54) is 11.1 Å². The first-order valence-corrected chi connectivity index (χ1v) is 13.1. The number of thioether (sulfide) groups is 1. The fourth-order valence-corrected chi connectivity index (χ4v) is 5.18. The topological polar surface area (TPSA) is 59.8 Å². The van der Waals surface area contributed by atoms with Crippen LogP contribution in [0.5, 0.6) is 0 Å². The van der Waals surface area contributed by atoms with Crippen LogP contribution in [0.2, 0.25) is 10.0 Å². The third-order valence-corrected chi connectivity index (χ3v) is 7.20. The number of nitrogens with zero attached hydrogens (tertiary/aromatic N) is 3. The highest BCUT2D eigenvalue weighted by atomic mass is 35.5. The van der Waals surface area contributed by atoms with Crippen molar-refractivity contribution < 1.29 is 4.79 Å². The van der Waals surface area contributed by atoms with Gasteiger partial charge < -0.3 is 5.32 Å². The molecule has 35 heavy (non-hydrogen) atoms. The molecule has 4 rings (SSSR count). The van der Waals surface area contributed by atoms with Gasteiger partial charge in [0.2, 0.25) is 5.91 Å². The highest BCUT2D eigenvalue weighted by molar-refractivity contribution is 7.98. The zero-order valence-electron chi connectivity index (χ0n) is 19.5. The number of benzene rings is 3. The van der Waals surface area contributed by atoms with E-state index in [2.05, 4.69) is 40.6 Å². The van der Waals surface area contributed by atoms with Crippen molar-refractivity contribution in [2.45, 2.75) is 43.6 Å². The molecule has 5 nitrogen and oxygen atoms in total. The van der Waals surface area contributed by atoms with Crippen molar-refractivity contribution in [1.29, 1.82) is 0 Å². The second-order valence-electron chi connectivity index (χ2n) is 8.20. The summed E-state index contributed by atoms with van der Waals surface area (Å²) in [5.74, 6) is 1.00. The monoisotopic (exact) mass is 524 g/mol. The summed E-state index contributed by atoms with van der Waals surface area (Å²) >= 11 is 14.4. The van der Waals surface area contributed by atoms with Crippen LogP contribution in [0.4, 0.5) is 0 Å². The minimum absolute atomic E-state index is 0.0561. The Hall–Kier alpha value is -2.80. The van der Waals surface area contributed by atoms with Gasteiger partial charge in [0, 0.05) is 10.8 Å². The van der Waals surface area contributed by atoms with E-state index in [0.29, 0.717) is 33.1 Å². The minimum atomic E-state index is -0.238. The van der Waals surface area contributed by atoms with Crippen LogP contribution in [0.25, 0.3) is 5.69 Å². The molecule has 4 aromatic rings. The predicted molar refractivity (Wildman–Crippen MR) is 143 cm³/mol. The van der Waals surface area contributed by atoms with Crippen molar-refractivity contribution in [3.8, 4) is 5.69 Å². The van der Waals surface area contributed by atoms with Crippen LogP contribution in [0.15, 0.2) is 78.0 Å². The number of carbonyl (C=O) groups excluding carboxylic acids is 1. The van der Waals surface area contributed by atoms with Crippen molar-refractivity contribution in [2.24, 2.45) is 0 Å². The van der Waals surface area contributed by atoms with E-state index in [9.17, 15) is 4.79 Å². The first-order valence-electron chi connectivity index (χ1n) is 11.4. The van der Waals surface area contributed by atoms with Crippen LogP contribution in [-0.4, -0.2) is 20.7 Å². The number of nitrogens with one attached hydrogen (secondary N) is 1. The van der Waals surface area contributed by atoms with Gasteiger partial charge in [0.25, 0.3) is 0 Å². The largest absolute Gasteiger partial charge is 0.348 e. The molecule has 1 N–H and O–H groups in total. The van der Waals surface area contributed by atoms with Crippen LogP contribution >= 0.6 is 35.0 Å². The summed E-state index contributed by atoms with van der Waals surface area (Å²) in [4.78, 5) is 13.0. The Balaban J connectivity index is 1.60. The highest BCUT2D eigenvalue weighted by Crippen LogP contribution is 2.31. The highest BCUT2D eigenvalue weighted by Gasteiger charge is 2.21. The molecule has 0 aliphatic rings. The Morgan fingerprint density at radius 3 is 2.57 bits per heavy atom. The van der Waals surface area contributed by atoms with Gasteiger partial charge >= 0.3 is 0 Å². The van der Waals surface area contributed by atoms with Crippen molar-refractivity contribution in [1.82, 2.24) is 20.1 Å². The summed E-state index contributed by atoms with van der Waals surface area (Å²) in [5, 5.41) is 13.6. The van der Waals surface area contributed by atoms with Gasteiger partial charge in [-0.3, -0.25) is 9.36 Å². The van der Waals surface area contributed by atoms with Gasteiger partial charge in [-0.1, -0.05) is 102 Å². The summed E-state index contributed by atoms with van der Waals surface area (Å²) in [6.45, 7) is 4.29. The fraction of sp³-hybridized carbons (Fsp3) is 0.222. The molecule has 1 amide bonds. The molecule has 180 valence electrons. The smallest absolute Gasteiger partial charge is 0.227 e. The molecule has 0 aliphatic heterocycles. The van der Waals surface area contributed by atoms with Gasteiger partial charge in [-0.25, -0.2) is 0 Å². The van der Waals surface area contributed by atoms with E-state index in [1.54, 1.807) is 30.0 Å². The van der Waals surface area contributed by atoms with Crippen LogP contribution in [0.1, 0.15) is 41.8 Å². The number of hydrogen-bond acceptors (Lipinski definition) is 4. The molecule has 0 fully saturated rings. The lowest BCUT2D eigenvalue weighted by Gasteiger charge is -2.16. The molecule has 0 bridgehead atoms. The Bertz CT molecular complexity index is 1310. The number of hydrogen-bond donors (Lipinski definition) is 1. The standard InChI is InChI=1S/C27H26Cl2N4OS/c1-3-22(20-10-5-4-6-11-20)26(34)30-16-25-31-32-27(35-17-19-9-7-8-18(2)14-19)33(25)24-15-21(28)12-13-23(24)29/h4-15,22H,3,16-17H2,1-2H3,(H,30,34). The summed E-state index contributed by atoms with van der Waals surface area (Å²) in [6, 6.07) is 23.4. The molecular formula is C27H26Cl2N4OS. The van der Waals surface area contributed by atoms with Crippen LogP contribution in [0, 0.1) is 6.92 Å². The zero-order chi connectivity index (χ0) is 24.8. The number of rotatable bonds is 9. The first kappa shape index (κ1) is 25.3. The van der Waals surface area contributed by atoms with Gasteiger partial charge in [0.05, 0.1) is 23.2 Å². The second-order valence-corrected chi connectivity index (χ2v) is 9.98. The van der Waals surface area contributed by atoms with Gasteiger partial charge in [-0.15, -0.1) is 10.2 Å². The van der Waals surface area contributed by atoms with Gasteiger partial charge in [0.15, 0.2) is 11.0 Å². The van der Waals surface area contributed by atoms with E-state index < -0.39 is 0 Å². The molecule has 0 spiro atoms. The maximum atomic E-state index is 13.0. The minimum Gasteiger partial charge on any atom is -0.348 e. The van der Waals surface area contributed by atoms with Gasteiger partial charge in [-0.05, 0) is 42.7 Å². The van der Waals surface area contributed by atoms with E-state index in [0.717, 1.165) is 11.3 Å². The van der Waals surface area contributed by atoms with E-state index in [4.69, 9.17) is 23.2 Å². The normalized spacial score (nSPS) is 11.9. The Morgan fingerprint density at radius 2 is 1.83 bits per heavy atom. The molecule has 1 atom stereocenters. The maximum absolute atomic E-state index is 13.0. The van der Waals surface area contributed by atoms with Crippen molar-refractivity contribution in [3.05, 3.63) is 105 Å². The number of aryl methyl sites for hydroxylation is 1. The molecule has 1 aromatic heterocycles. The number of halogens is 2. The third kappa shape index (κ3) is 6.26. The summed E-state index contributed by atoms with van der Waals surface area (Å²) in [5.41, 5.74) is 4.05. The molecule has 0 aliphatic carbocycles. The maximum Gasteiger partial charge on any atom is 0.227 e. The zero-order valence-corrected chi connectivity index (χ0v) is 21.9. The predicted octanol–water partition coefficient (Wildman–Crippen LogP) is 6.98. The molecule has 0 saturated heterocycles. The average molecular weight is 526 g/mol. The quantitative estimate of drug-likeness (QED) is 0.240. The van der Waals surface area contributed by atoms with Crippen LogP contribution < -0.4 is 5.32 Å². The van der Waals surface area contributed by atoms with Crippen molar-refractivity contribution >= 4 is 40.9 Å². The lowest BCUT2D eigenvalue weighted by atomic mass is 9.96. The molecular weight excluding hydrogens is 499 g/mol. The molecule has 1 heterocycles. The second kappa shape index (κ2) is 11.8. The number of aromatic nitrogens is 3. The van der Waals surface area contributed by atoms with E-state index >= 15 is 0 Å². The third-order valence-electron chi connectivity index (χ3n) is 5.65. The summed E-state index contributed by atoms with van der Waals surface area (Å²) in [6.07, 6.45) is 0.695. The molecule has 3 aromatic carbocycles. The summed E-state index contributed by atoms with van der Waals surface area (Å²) in [7, 11) is 0. The molecule has 1 unspecified atom stereocenters. The SMILES string of the molecule is CCC(C(=O)NCc1nnc(SCc2cccc(C)c2)n1-c1cc(Cl)ccc1Cl)c1ccccc1. The molecule has 8 heteroatoms. The molecule has 0 radical (unpaired) electrons. The fourth-order valence-electron chi connectivity index (χ4n) is 3.90. The van der Waals surface area contributed by atoms with Crippen LogP contribution in [0.3, 0.4) is 0 Å². The van der Waals surface area contributed by atoms with Crippen molar-refractivity contribution in [3.63, 3.8) is 0 Å². The average Bonchev–Trinajstić information content (AvgIpc) is 3.26. The van der Waals surface area contributed by atoms with Crippen molar-refractivity contribution in [2.75, 3.05) is 0 Å². The lowest BCUT2D eigenvalue weighted by molar-refractivity contribution is -0.122. The summed E-state index contributed by atoms with van der Waals surface area (Å²) < 4.78 is 1.87. The number of carbonyl (C=O) groups is 1. The van der Waals surface area contributed by atoms with Gasteiger partial charge in [0.1, 0.15) is 0 Å². The Labute approximate surface area is 219 Å². The molecule has 0 saturated carbocycles. The first-order chi connectivity index (χ1) is 17.0. The van der Waals surface area contributed by atoms with Gasteiger partial charge in [-0.2, -0.15) is 0 Å². The van der Waals surface area contributed by atoms with E-state index in [1.807, 2.05) is 47.9 Å². The number of amides is 1. The van der Waals surface area contributed by atoms with Crippen LogP contribution in [-0.2, 0) is 17.1 Å². The van der Waals surface area contributed by atoms with E-state index in [-0.39, 0.29) is 18.4 Å². The Kier molecular flexibility index (Phi) is 8.50.